The fourth-order valence-electron chi connectivity index (χ4n) is 1.29. The summed E-state index contributed by atoms with van der Waals surface area (Å²) >= 11 is 1.41. The molecule has 0 aromatic rings. The molecule has 0 saturated heterocycles. The van der Waals surface area contributed by atoms with E-state index in [1.807, 2.05) is 6.26 Å². The maximum Gasteiger partial charge on any atom is 0.305 e. The molecule has 5 nitrogen and oxygen atoms in total. The number of carboxylic acid groups (broad SMARTS) is 1. The van der Waals surface area contributed by atoms with Crippen molar-refractivity contribution in [1.29, 1.82) is 0 Å². The smallest absolute Gasteiger partial charge is 0.305 e. The van der Waals surface area contributed by atoms with Crippen molar-refractivity contribution in [2.24, 2.45) is 0 Å². The van der Waals surface area contributed by atoms with Gasteiger partial charge in [0.1, 0.15) is 0 Å². The molecule has 0 radical (unpaired) electrons. The summed E-state index contributed by atoms with van der Waals surface area (Å²) in [5, 5.41) is 11.3. The van der Waals surface area contributed by atoms with Gasteiger partial charge in [-0.15, -0.1) is 0 Å². The van der Waals surface area contributed by atoms with Gasteiger partial charge in [-0.2, -0.15) is 11.8 Å². The van der Waals surface area contributed by atoms with Crippen molar-refractivity contribution >= 4 is 23.6 Å². The third-order valence-electron chi connectivity index (χ3n) is 2.15. The number of hydrogen-bond donors (Lipinski definition) is 2. The van der Waals surface area contributed by atoms with Crippen LogP contribution in [-0.4, -0.2) is 47.7 Å². The first-order valence-electron chi connectivity index (χ1n) is 4.90. The van der Waals surface area contributed by atoms with E-state index in [1.54, 1.807) is 13.8 Å². The molecule has 2 unspecified atom stereocenters. The molecule has 0 aromatic heterocycles. The fraction of sp³-hybridized carbons (Fsp3) is 0.800. The topological polar surface area (TPSA) is 75.6 Å². The van der Waals surface area contributed by atoms with E-state index in [0.29, 0.717) is 0 Å². The van der Waals surface area contributed by atoms with Crippen molar-refractivity contribution in [3.05, 3.63) is 0 Å². The zero-order valence-electron chi connectivity index (χ0n) is 10.1. The van der Waals surface area contributed by atoms with E-state index in [4.69, 9.17) is 9.84 Å². The molecule has 2 atom stereocenters. The van der Waals surface area contributed by atoms with Gasteiger partial charge in [0, 0.05) is 7.11 Å². The summed E-state index contributed by atoms with van der Waals surface area (Å²) in [4.78, 5) is 22.4. The molecule has 0 aliphatic heterocycles. The van der Waals surface area contributed by atoms with Crippen LogP contribution in [0.5, 0.6) is 0 Å². The van der Waals surface area contributed by atoms with Crippen LogP contribution in [0, 0.1) is 0 Å². The Morgan fingerprint density at radius 3 is 2.50 bits per heavy atom. The lowest BCUT2D eigenvalue weighted by molar-refractivity contribution is -0.139. The van der Waals surface area contributed by atoms with Crippen molar-refractivity contribution in [2.45, 2.75) is 31.1 Å². The van der Waals surface area contributed by atoms with E-state index in [9.17, 15) is 9.59 Å². The zero-order valence-corrected chi connectivity index (χ0v) is 10.9. The third-order valence-corrected chi connectivity index (χ3v) is 3.07. The van der Waals surface area contributed by atoms with Gasteiger partial charge in [-0.3, -0.25) is 9.59 Å². The first-order valence-corrected chi connectivity index (χ1v) is 6.19. The number of carbonyl (C=O) groups excluding carboxylic acids is 1. The Hall–Kier alpha value is -0.750. The quantitative estimate of drug-likeness (QED) is 0.696. The first kappa shape index (κ1) is 15.2. The van der Waals surface area contributed by atoms with E-state index >= 15 is 0 Å². The summed E-state index contributed by atoms with van der Waals surface area (Å²) in [6.07, 6.45) is 1.67. The molecule has 0 aliphatic carbocycles. The molecule has 0 saturated carbocycles. The second-order valence-corrected chi connectivity index (χ2v) is 5.11. The van der Waals surface area contributed by atoms with Gasteiger partial charge >= 0.3 is 5.97 Å². The predicted molar refractivity (Wildman–Crippen MR) is 63.7 cm³/mol. The molecule has 2 N–H and O–H groups in total. The van der Waals surface area contributed by atoms with Gasteiger partial charge in [-0.25, -0.2) is 0 Å². The van der Waals surface area contributed by atoms with Gasteiger partial charge in [0.2, 0.25) is 5.91 Å². The van der Waals surface area contributed by atoms with E-state index in [2.05, 4.69) is 5.32 Å². The van der Waals surface area contributed by atoms with Crippen LogP contribution in [0.15, 0.2) is 0 Å². The van der Waals surface area contributed by atoms with Crippen LogP contribution in [0.4, 0.5) is 0 Å². The average molecular weight is 249 g/mol. The standard InChI is InChI=1S/C10H19NO4S/c1-7(16-4)9(14)11-10(2,6-15-3)5-8(12)13/h7H,5-6H2,1-4H3,(H,11,14)(H,12,13). The van der Waals surface area contributed by atoms with Crippen molar-refractivity contribution < 1.29 is 19.4 Å². The number of nitrogens with one attached hydrogen (secondary N) is 1. The molecule has 0 aliphatic rings. The maximum atomic E-state index is 11.7. The summed E-state index contributed by atoms with van der Waals surface area (Å²) < 4.78 is 4.94. The number of hydrogen-bond acceptors (Lipinski definition) is 4. The summed E-state index contributed by atoms with van der Waals surface area (Å²) in [6, 6.07) is 0. The zero-order chi connectivity index (χ0) is 12.8. The van der Waals surface area contributed by atoms with Gasteiger partial charge in [-0.05, 0) is 20.1 Å². The Bertz CT molecular complexity index is 259. The van der Waals surface area contributed by atoms with Crippen LogP contribution < -0.4 is 5.32 Å². The van der Waals surface area contributed by atoms with E-state index in [0.717, 1.165) is 0 Å². The molecule has 0 spiro atoms. The van der Waals surface area contributed by atoms with E-state index in [1.165, 1.54) is 18.9 Å². The Kier molecular flexibility index (Phi) is 6.43. The predicted octanol–water partition coefficient (Wildman–Crippen LogP) is 0.734. The van der Waals surface area contributed by atoms with Crippen LogP contribution in [-0.2, 0) is 14.3 Å². The van der Waals surface area contributed by atoms with Crippen LogP contribution in [0.2, 0.25) is 0 Å². The second-order valence-electron chi connectivity index (χ2n) is 3.93. The number of thioether (sulfide) groups is 1. The largest absolute Gasteiger partial charge is 0.481 e. The van der Waals surface area contributed by atoms with Crippen molar-refractivity contribution in [2.75, 3.05) is 20.0 Å². The summed E-state index contributed by atoms with van der Waals surface area (Å²) in [5.74, 6) is -1.13. The van der Waals surface area contributed by atoms with E-state index in [-0.39, 0.29) is 24.2 Å². The number of rotatable bonds is 7. The molecule has 94 valence electrons. The van der Waals surface area contributed by atoms with Crippen molar-refractivity contribution in [1.82, 2.24) is 5.32 Å². The van der Waals surface area contributed by atoms with Crippen LogP contribution in [0.25, 0.3) is 0 Å². The van der Waals surface area contributed by atoms with Crippen LogP contribution in [0.1, 0.15) is 20.3 Å². The monoisotopic (exact) mass is 249 g/mol. The molecule has 0 bridgehead atoms. The highest BCUT2D eigenvalue weighted by atomic mass is 32.2. The van der Waals surface area contributed by atoms with E-state index < -0.39 is 11.5 Å². The number of amides is 1. The van der Waals surface area contributed by atoms with Crippen LogP contribution in [0.3, 0.4) is 0 Å². The molecule has 1 amide bonds. The minimum atomic E-state index is -0.961. The molecule has 0 heterocycles. The summed E-state index contributed by atoms with van der Waals surface area (Å²) in [6.45, 7) is 3.61. The molecule has 16 heavy (non-hydrogen) atoms. The van der Waals surface area contributed by atoms with Crippen LogP contribution >= 0.6 is 11.8 Å². The van der Waals surface area contributed by atoms with Crippen molar-refractivity contribution in [3.8, 4) is 0 Å². The highest BCUT2D eigenvalue weighted by molar-refractivity contribution is 7.99. The second kappa shape index (κ2) is 6.75. The highest BCUT2D eigenvalue weighted by Gasteiger charge is 2.30. The molecule has 0 rings (SSSR count). The molecule has 6 heteroatoms. The number of methoxy groups -OCH3 is 1. The SMILES string of the molecule is COCC(C)(CC(=O)O)NC(=O)C(C)SC. The Morgan fingerprint density at radius 2 is 2.12 bits per heavy atom. The maximum absolute atomic E-state index is 11.7. The lowest BCUT2D eigenvalue weighted by Crippen LogP contribution is -2.52. The number of aliphatic carboxylic acids is 1. The Morgan fingerprint density at radius 1 is 1.56 bits per heavy atom. The number of carbonyl (C=O) groups is 2. The Balaban J connectivity index is 4.53. The van der Waals surface area contributed by atoms with Gasteiger partial charge in [0.15, 0.2) is 0 Å². The number of ether oxygens (including phenoxy) is 1. The molecular formula is C10H19NO4S. The minimum absolute atomic E-state index is 0.159. The van der Waals surface area contributed by atoms with Crippen molar-refractivity contribution in [3.63, 3.8) is 0 Å². The molecular weight excluding hydrogens is 230 g/mol. The Labute approximate surface area is 99.9 Å². The van der Waals surface area contributed by atoms with Gasteiger partial charge in [-0.1, -0.05) is 0 Å². The number of carboxylic acids is 1. The normalized spacial score (nSPS) is 16.2. The average Bonchev–Trinajstić information content (AvgIpc) is 2.14. The summed E-state index contributed by atoms with van der Waals surface area (Å²) in [5.41, 5.74) is -0.859. The summed E-state index contributed by atoms with van der Waals surface area (Å²) in [7, 11) is 1.48. The highest BCUT2D eigenvalue weighted by Crippen LogP contribution is 2.13. The molecule has 0 fully saturated rings. The van der Waals surface area contributed by atoms with Gasteiger partial charge in [0.25, 0.3) is 0 Å². The lowest BCUT2D eigenvalue weighted by atomic mass is 9.99. The minimum Gasteiger partial charge on any atom is -0.481 e. The first-order chi connectivity index (χ1) is 7.34. The van der Waals surface area contributed by atoms with Gasteiger partial charge in [0.05, 0.1) is 23.8 Å². The van der Waals surface area contributed by atoms with Gasteiger partial charge < -0.3 is 15.2 Å². The lowest BCUT2D eigenvalue weighted by Gasteiger charge is -2.29. The molecule has 0 aromatic carbocycles. The fourth-order valence-corrected chi connectivity index (χ4v) is 1.56. The third kappa shape index (κ3) is 5.37.